The maximum atomic E-state index is 5.49. The van der Waals surface area contributed by atoms with E-state index in [0.29, 0.717) is 0 Å². The van der Waals surface area contributed by atoms with Crippen molar-refractivity contribution in [1.29, 1.82) is 0 Å². The van der Waals surface area contributed by atoms with Gasteiger partial charge < -0.3 is 4.57 Å². The number of hydrogen-bond acceptors (Lipinski definition) is 3. The summed E-state index contributed by atoms with van der Waals surface area (Å²) in [6, 6.07) is 68.9. The molecule has 6 heteroatoms. The molecule has 3 nitrogen and oxygen atoms in total. The van der Waals surface area contributed by atoms with Gasteiger partial charge in [-0.25, -0.2) is 0 Å². The molecule has 11 rings (SSSR count). The minimum absolute atomic E-state index is 0. The number of nitrogens with zero attached hydrogens (tertiary/aromatic N) is 3. The van der Waals surface area contributed by atoms with Gasteiger partial charge in [-0.3, -0.25) is 4.98 Å². The van der Waals surface area contributed by atoms with Crippen molar-refractivity contribution < 1.29 is 20.1 Å². The molecular formula is C53H39GeIrN3S-2. The van der Waals surface area contributed by atoms with Crippen molar-refractivity contribution in [3.63, 3.8) is 0 Å². The van der Waals surface area contributed by atoms with Crippen LogP contribution < -0.4 is 4.40 Å². The van der Waals surface area contributed by atoms with E-state index in [1.54, 1.807) is 0 Å². The molecule has 3 aromatic heterocycles. The Morgan fingerprint density at radius 1 is 0.576 bits per heavy atom. The molecule has 3 heterocycles. The minimum atomic E-state index is -1.72. The Morgan fingerprint density at radius 3 is 2.02 bits per heavy atom. The quantitative estimate of drug-likeness (QED) is 0.127. The van der Waals surface area contributed by atoms with Crippen LogP contribution in [0.3, 0.4) is 0 Å². The molecule has 0 aliphatic heterocycles. The van der Waals surface area contributed by atoms with Crippen LogP contribution in [0, 0.1) is 12.1 Å². The van der Waals surface area contributed by atoms with Crippen molar-refractivity contribution in [1.82, 2.24) is 14.5 Å². The molecule has 0 N–H and O–H groups in total. The van der Waals surface area contributed by atoms with Crippen molar-refractivity contribution >= 4 is 81.7 Å². The SMILES string of the molecule is [CH3][Ge]([CH3])([CH3])[c]1ccc(-c2[c-]cccc2)nc1.[Ir].[c-]1ccc2c(sc3ccccc32)c1-c1nc2c3ccccc3ccc2n1-c1c(-c2ccccc2)ccc2ccccc12. The first kappa shape index (κ1) is 38.8. The molecule has 0 saturated carbocycles. The van der Waals surface area contributed by atoms with Gasteiger partial charge in [0, 0.05) is 41.1 Å². The van der Waals surface area contributed by atoms with E-state index in [2.05, 4.69) is 191 Å². The van der Waals surface area contributed by atoms with Crippen LogP contribution in [0.25, 0.3) is 92.2 Å². The van der Waals surface area contributed by atoms with Crippen LogP contribution in [0.4, 0.5) is 0 Å². The molecule has 8 aromatic carbocycles. The van der Waals surface area contributed by atoms with Crippen LogP contribution in [0.15, 0.2) is 182 Å². The van der Waals surface area contributed by atoms with Crippen molar-refractivity contribution in [2.45, 2.75) is 17.3 Å². The van der Waals surface area contributed by atoms with Crippen LogP contribution >= 0.6 is 11.3 Å². The van der Waals surface area contributed by atoms with Gasteiger partial charge in [0.15, 0.2) is 0 Å². The van der Waals surface area contributed by atoms with Crippen molar-refractivity contribution in [3.8, 4) is 39.5 Å². The maximum absolute atomic E-state index is 5.49. The molecule has 0 aliphatic carbocycles. The molecule has 0 amide bonds. The first-order chi connectivity index (χ1) is 28.4. The van der Waals surface area contributed by atoms with Gasteiger partial charge in [0.1, 0.15) is 0 Å². The number of benzene rings is 8. The molecular weight excluding hydrogens is 975 g/mol. The van der Waals surface area contributed by atoms with E-state index in [-0.39, 0.29) is 20.1 Å². The normalized spacial score (nSPS) is 11.5. The van der Waals surface area contributed by atoms with Crippen LogP contribution in [-0.4, -0.2) is 27.8 Å². The van der Waals surface area contributed by atoms with Crippen molar-refractivity contribution in [2.75, 3.05) is 0 Å². The summed E-state index contributed by atoms with van der Waals surface area (Å²) in [5.41, 5.74) is 8.68. The van der Waals surface area contributed by atoms with Crippen LogP contribution in [0.1, 0.15) is 0 Å². The van der Waals surface area contributed by atoms with Gasteiger partial charge >= 0.3 is 99.8 Å². The number of thiophene rings is 1. The Kier molecular flexibility index (Phi) is 10.6. The second-order valence-corrected chi connectivity index (χ2v) is 27.3. The summed E-state index contributed by atoms with van der Waals surface area (Å²) >= 11 is 0.104. The monoisotopic (exact) mass is 1020 g/mol. The van der Waals surface area contributed by atoms with E-state index in [9.17, 15) is 0 Å². The van der Waals surface area contributed by atoms with E-state index >= 15 is 0 Å². The third-order valence-corrected chi connectivity index (χ3v) is 16.4. The second kappa shape index (κ2) is 16.2. The van der Waals surface area contributed by atoms with Gasteiger partial charge in [0.2, 0.25) is 0 Å². The zero-order valence-corrected chi connectivity index (χ0v) is 38.2. The number of fused-ring (bicyclic) bond motifs is 7. The third kappa shape index (κ3) is 7.23. The third-order valence-electron chi connectivity index (χ3n) is 10.9. The smallest absolute Gasteiger partial charge is 0.0852 e. The van der Waals surface area contributed by atoms with Crippen LogP contribution in [-0.2, 0) is 20.1 Å². The van der Waals surface area contributed by atoms with Gasteiger partial charge in [-0.15, -0.1) is 18.2 Å². The first-order valence-electron chi connectivity index (χ1n) is 19.7. The minimum Gasteiger partial charge on any atom is -0.332 e. The van der Waals surface area contributed by atoms with Crippen molar-refractivity contribution in [3.05, 3.63) is 194 Å². The number of imidazole rings is 1. The maximum Gasteiger partial charge on any atom is 0.0852 e. The number of pyridine rings is 1. The summed E-state index contributed by atoms with van der Waals surface area (Å²) in [5, 5.41) is 7.25. The van der Waals surface area contributed by atoms with Crippen molar-refractivity contribution in [2.24, 2.45) is 0 Å². The van der Waals surface area contributed by atoms with Crippen LogP contribution in [0.2, 0.25) is 17.3 Å². The van der Waals surface area contributed by atoms with E-state index in [4.69, 9.17) is 4.98 Å². The molecule has 11 aromatic rings. The van der Waals surface area contributed by atoms with Gasteiger partial charge in [0.05, 0.1) is 22.5 Å². The molecule has 0 atom stereocenters. The van der Waals surface area contributed by atoms with E-state index in [1.165, 1.54) is 51.9 Å². The zero-order valence-electron chi connectivity index (χ0n) is 32.9. The predicted octanol–water partition coefficient (Wildman–Crippen LogP) is 13.9. The summed E-state index contributed by atoms with van der Waals surface area (Å²) < 4.78 is 6.32. The Hall–Kier alpha value is -5.69. The van der Waals surface area contributed by atoms with E-state index in [1.807, 2.05) is 41.8 Å². The van der Waals surface area contributed by atoms with Gasteiger partial charge in [-0.05, 0) is 38.6 Å². The fourth-order valence-corrected chi connectivity index (χ4v) is 11.3. The fourth-order valence-electron chi connectivity index (χ4n) is 7.96. The molecule has 0 saturated heterocycles. The molecule has 0 fully saturated rings. The Bertz CT molecular complexity index is 3260. The van der Waals surface area contributed by atoms with Gasteiger partial charge in [-0.1, -0.05) is 126 Å². The molecule has 0 bridgehead atoms. The topological polar surface area (TPSA) is 30.7 Å². The van der Waals surface area contributed by atoms with Gasteiger partial charge in [-0.2, -0.15) is 11.3 Å². The second-order valence-electron chi connectivity index (χ2n) is 15.6. The molecule has 287 valence electrons. The standard InChI is InChI=1S/C39H23N2S.C14H16GeN.Ir/c1-2-11-25(12-3-1)30-23-21-27-14-5-7-16-29(27)37(30)41-34-24-22-26-13-4-6-15-28(26)36(34)40-39(41)33-19-10-18-32-31-17-8-9-20-35(31)42-38(32)33;1-15(2,3)13-9-10-14(16-11-13)12-7-5-4-6-8-12;/h1-18,20-24H;4-7,9-11H,1-3H3;/q2*-1;. The summed E-state index contributed by atoms with van der Waals surface area (Å²) in [5.74, 6) is 8.05. The Morgan fingerprint density at radius 2 is 1.27 bits per heavy atom. The Balaban J connectivity index is 0.000000224. The summed E-state index contributed by atoms with van der Waals surface area (Å²) in [4.78, 5) is 10.0. The first-order valence-corrected chi connectivity index (χ1v) is 27.8. The number of aromatic nitrogens is 3. The van der Waals surface area contributed by atoms with E-state index in [0.717, 1.165) is 44.8 Å². The fraction of sp³-hybridized carbons (Fsp3) is 0.0566. The molecule has 0 aliphatic rings. The van der Waals surface area contributed by atoms with Crippen LogP contribution in [0.5, 0.6) is 0 Å². The number of rotatable bonds is 5. The molecule has 59 heavy (non-hydrogen) atoms. The van der Waals surface area contributed by atoms with E-state index < -0.39 is 13.3 Å². The van der Waals surface area contributed by atoms with Gasteiger partial charge in [0.25, 0.3) is 0 Å². The zero-order chi connectivity index (χ0) is 39.2. The average molecular weight is 1010 g/mol. The molecule has 0 spiro atoms. The summed E-state index contributed by atoms with van der Waals surface area (Å²) in [7, 11) is 0. The predicted molar refractivity (Wildman–Crippen MR) is 250 cm³/mol. The summed E-state index contributed by atoms with van der Waals surface area (Å²) in [6.45, 7) is 0. The average Bonchev–Trinajstić information content (AvgIpc) is 3.86. The number of hydrogen-bond donors (Lipinski definition) is 0. The molecule has 1 radical (unpaired) electrons. The molecule has 0 unspecified atom stereocenters. The summed E-state index contributed by atoms with van der Waals surface area (Å²) in [6.07, 6.45) is 2.04. The Labute approximate surface area is 364 Å². The largest absolute Gasteiger partial charge is 0.332 e.